The third-order valence-corrected chi connectivity index (χ3v) is 6.47. The van der Waals surface area contributed by atoms with Gasteiger partial charge < -0.3 is 14.8 Å². The Balaban J connectivity index is 2.22. The monoisotopic (exact) mass is 512 g/mol. The second-order valence-electron chi connectivity index (χ2n) is 9.25. The number of rotatable bonds is 5. The summed E-state index contributed by atoms with van der Waals surface area (Å²) in [7, 11) is 1.92. The molecule has 36 heavy (non-hydrogen) atoms. The number of likely N-dealkylation sites (N-methyl/N-ethyl adjacent to an activating group) is 1. The molecule has 0 amide bonds. The number of hydrogen-bond acceptors (Lipinski definition) is 7. The lowest BCUT2D eigenvalue weighted by molar-refractivity contribution is -0.148. The maximum absolute atomic E-state index is 12.6. The molecule has 0 aromatic carbocycles. The molecule has 6 nitrogen and oxygen atoms in total. The Morgan fingerprint density at radius 1 is 1.14 bits per heavy atom. The van der Waals surface area contributed by atoms with Gasteiger partial charge in [0.25, 0.3) is 0 Å². The zero-order valence-electron chi connectivity index (χ0n) is 22.2. The van der Waals surface area contributed by atoms with Crippen LogP contribution in [-0.4, -0.2) is 42.7 Å². The molecule has 2 bridgehead atoms. The molecule has 0 fully saturated rings. The first-order chi connectivity index (χ1) is 17.2. The minimum atomic E-state index is -0.425. The Labute approximate surface area is 219 Å². The summed E-state index contributed by atoms with van der Waals surface area (Å²) in [5.74, 6) is -0.575. The van der Waals surface area contributed by atoms with Crippen LogP contribution in [0.2, 0.25) is 0 Å². The van der Waals surface area contributed by atoms with Crippen LogP contribution in [0.3, 0.4) is 0 Å². The first-order valence-corrected chi connectivity index (χ1v) is 13.5. The van der Waals surface area contributed by atoms with E-state index in [0.717, 1.165) is 53.2 Å². The second kappa shape index (κ2) is 16.1. The van der Waals surface area contributed by atoms with Crippen molar-refractivity contribution in [3.05, 3.63) is 75.3 Å². The Morgan fingerprint density at radius 2 is 1.89 bits per heavy atom. The summed E-state index contributed by atoms with van der Waals surface area (Å²) in [6.45, 7) is 8.71. The van der Waals surface area contributed by atoms with Gasteiger partial charge in [0.15, 0.2) is 0 Å². The van der Waals surface area contributed by atoms with E-state index in [9.17, 15) is 9.59 Å². The minimum absolute atomic E-state index is 0.168. The van der Waals surface area contributed by atoms with E-state index < -0.39 is 12.1 Å². The fourth-order valence-electron chi connectivity index (χ4n) is 3.71. The summed E-state index contributed by atoms with van der Waals surface area (Å²) < 4.78 is 11.3. The number of nitrogens with zero attached hydrogens (tertiary/aromatic N) is 1. The van der Waals surface area contributed by atoms with Gasteiger partial charge in [-0.2, -0.15) is 0 Å². The van der Waals surface area contributed by atoms with Crippen molar-refractivity contribution in [2.24, 2.45) is 0 Å². The Morgan fingerprint density at radius 3 is 2.67 bits per heavy atom. The lowest BCUT2D eigenvalue weighted by Gasteiger charge is -2.13. The topological polar surface area (TPSA) is 77.5 Å². The van der Waals surface area contributed by atoms with E-state index in [0.29, 0.717) is 19.3 Å². The molecule has 0 saturated heterocycles. The van der Waals surface area contributed by atoms with E-state index in [1.54, 1.807) is 17.4 Å². The van der Waals surface area contributed by atoms with Crippen molar-refractivity contribution >= 4 is 23.3 Å². The van der Waals surface area contributed by atoms with Crippen LogP contribution in [0, 0.1) is 0 Å². The Bertz CT molecular complexity index is 1020. The van der Waals surface area contributed by atoms with Crippen LogP contribution >= 0.6 is 11.3 Å². The molecule has 0 radical (unpaired) electrons. The number of fused-ring (bicyclic) bond motifs is 2. The smallest absolute Gasteiger partial charge is 0.331 e. The standard InChI is InChI=1S/C29H40N2O4S/c1-21(15-16-30-5)13-14-23(3)18-26-19-27-31-25(20-36-27)10-6-7-11-28(32)34-24(4)17-22(2)9-8-12-29(33)35-26/h8-9,12-15,18,20,24,26,30H,6-7,10-11,16-17,19H2,1-5H3/b12-8-,14-13+,21-15+,22-9+,23-18+/t24-,26+/m0/s1. The van der Waals surface area contributed by atoms with Gasteiger partial charge in [0.2, 0.25) is 0 Å². The van der Waals surface area contributed by atoms with Crippen LogP contribution < -0.4 is 5.32 Å². The number of carbonyl (C=O) groups excluding carboxylic acids is 2. The first kappa shape index (κ1) is 29.5. The average molecular weight is 513 g/mol. The molecule has 7 heteroatoms. The van der Waals surface area contributed by atoms with E-state index in [2.05, 4.69) is 24.4 Å². The number of ether oxygens (including phenoxy) is 2. The number of nitrogens with one attached hydrogen (secondary N) is 1. The van der Waals surface area contributed by atoms with E-state index in [-0.39, 0.29) is 12.1 Å². The molecular formula is C29H40N2O4S. The summed E-state index contributed by atoms with van der Waals surface area (Å²) in [6.07, 6.45) is 16.5. The van der Waals surface area contributed by atoms with Gasteiger partial charge in [-0.3, -0.25) is 4.79 Å². The predicted octanol–water partition coefficient (Wildman–Crippen LogP) is 5.82. The number of aromatic nitrogens is 1. The Kier molecular flexibility index (Phi) is 13.1. The molecule has 1 aromatic rings. The third-order valence-electron chi connectivity index (χ3n) is 5.55. The minimum Gasteiger partial charge on any atom is -0.462 e. The largest absolute Gasteiger partial charge is 0.462 e. The van der Waals surface area contributed by atoms with Gasteiger partial charge in [0.05, 0.1) is 10.7 Å². The molecule has 2 heterocycles. The lowest BCUT2D eigenvalue weighted by atomic mass is 10.1. The van der Waals surface area contributed by atoms with E-state index >= 15 is 0 Å². The Hall–Kier alpha value is -2.77. The van der Waals surface area contributed by atoms with Gasteiger partial charge in [-0.05, 0) is 60.1 Å². The summed E-state index contributed by atoms with van der Waals surface area (Å²) in [5.41, 5.74) is 4.20. The van der Waals surface area contributed by atoms with Gasteiger partial charge in [-0.25, -0.2) is 9.78 Å². The third kappa shape index (κ3) is 12.3. The van der Waals surface area contributed by atoms with Gasteiger partial charge in [-0.15, -0.1) is 11.3 Å². The number of aryl methyl sites for hydroxylation is 1. The molecule has 0 aliphatic carbocycles. The summed E-state index contributed by atoms with van der Waals surface area (Å²) in [6, 6.07) is 0. The SMILES string of the molecule is CNC/C=C(C)/C=C/C(C)=C/[C@@H]1Cc2nc(cs2)CCCCC(=O)O[C@@H](C)C/C(C)=C/C=C\C(=O)O1. The van der Waals surface area contributed by atoms with Crippen LogP contribution in [0.25, 0.3) is 0 Å². The zero-order chi connectivity index (χ0) is 26.3. The highest BCUT2D eigenvalue weighted by Gasteiger charge is 2.15. The van der Waals surface area contributed by atoms with Crippen molar-refractivity contribution in [3.63, 3.8) is 0 Å². The molecule has 1 aliphatic heterocycles. The van der Waals surface area contributed by atoms with Crippen molar-refractivity contribution < 1.29 is 19.1 Å². The molecule has 2 rings (SSSR count). The number of hydrogen-bond donors (Lipinski definition) is 1. The molecule has 196 valence electrons. The van der Waals surface area contributed by atoms with E-state index in [1.165, 1.54) is 6.08 Å². The van der Waals surface area contributed by atoms with Crippen molar-refractivity contribution in [3.8, 4) is 0 Å². The van der Waals surface area contributed by atoms with Gasteiger partial charge >= 0.3 is 11.9 Å². The van der Waals surface area contributed by atoms with Crippen LogP contribution in [0.5, 0.6) is 0 Å². The van der Waals surface area contributed by atoms with Gasteiger partial charge in [-0.1, -0.05) is 47.1 Å². The first-order valence-electron chi connectivity index (χ1n) is 12.6. The summed E-state index contributed by atoms with van der Waals surface area (Å²) in [4.78, 5) is 29.4. The molecule has 0 saturated carbocycles. The van der Waals surface area contributed by atoms with Crippen molar-refractivity contribution in [1.82, 2.24) is 10.3 Å². The van der Waals surface area contributed by atoms with Crippen LogP contribution in [0.15, 0.2) is 64.6 Å². The molecule has 1 aliphatic rings. The summed E-state index contributed by atoms with van der Waals surface area (Å²) in [5, 5.41) is 6.07. The summed E-state index contributed by atoms with van der Waals surface area (Å²) >= 11 is 1.57. The fourth-order valence-corrected chi connectivity index (χ4v) is 4.58. The number of carbonyl (C=O) groups is 2. The van der Waals surface area contributed by atoms with Crippen molar-refractivity contribution in [2.45, 2.75) is 78.4 Å². The maximum Gasteiger partial charge on any atom is 0.331 e. The van der Waals surface area contributed by atoms with E-state index in [4.69, 9.17) is 14.5 Å². The quantitative estimate of drug-likeness (QED) is 0.396. The van der Waals surface area contributed by atoms with Crippen LogP contribution in [0.4, 0.5) is 0 Å². The average Bonchev–Trinajstić information content (AvgIpc) is 3.25. The highest BCUT2D eigenvalue weighted by Crippen LogP contribution is 2.18. The van der Waals surface area contributed by atoms with E-state index in [1.807, 2.05) is 51.4 Å². The predicted molar refractivity (Wildman–Crippen MR) is 147 cm³/mol. The van der Waals surface area contributed by atoms with Crippen LogP contribution in [-0.2, 0) is 31.9 Å². The number of thiazole rings is 1. The lowest BCUT2D eigenvalue weighted by Crippen LogP contribution is -2.17. The van der Waals surface area contributed by atoms with Gasteiger partial charge in [0.1, 0.15) is 12.2 Å². The molecule has 2 atom stereocenters. The van der Waals surface area contributed by atoms with Crippen molar-refractivity contribution in [2.75, 3.05) is 13.6 Å². The molecule has 1 aromatic heterocycles. The van der Waals surface area contributed by atoms with Crippen LogP contribution in [0.1, 0.15) is 64.1 Å². The normalized spacial score (nSPS) is 24.2. The highest BCUT2D eigenvalue weighted by atomic mass is 32.1. The molecule has 0 unspecified atom stereocenters. The zero-order valence-corrected chi connectivity index (χ0v) is 23.0. The maximum atomic E-state index is 12.6. The van der Waals surface area contributed by atoms with Gasteiger partial charge in [0, 0.05) is 37.3 Å². The molecular weight excluding hydrogens is 472 g/mol. The molecule has 1 N–H and O–H groups in total. The second-order valence-corrected chi connectivity index (χ2v) is 10.2. The van der Waals surface area contributed by atoms with Crippen molar-refractivity contribution in [1.29, 1.82) is 0 Å². The number of allylic oxidation sites excluding steroid dienone is 6. The number of esters is 2. The fraction of sp³-hybridized carbons (Fsp3) is 0.483. The number of cyclic esters (lactones) is 2. The molecule has 0 spiro atoms. The highest BCUT2D eigenvalue weighted by molar-refractivity contribution is 7.09.